The van der Waals surface area contributed by atoms with Crippen LogP contribution in [0.15, 0.2) is 48.5 Å². The Kier molecular flexibility index (Phi) is 4.68. The van der Waals surface area contributed by atoms with Crippen molar-refractivity contribution in [3.05, 3.63) is 82.2 Å². The van der Waals surface area contributed by atoms with E-state index in [1.54, 1.807) is 29.2 Å². The zero-order chi connectivity index (χ0) is 21.6. The molecule has 3 N–H and O–H groups in total. The van der Waals surface area contributed by atoms with Gasteiger partial charge in [-0.1, -0.05) is 12.1 Å². The summed E-state index contributed by atoms with van der Waals surface area (Å²) in [6, 6.07) is 12.1. The Balaban J connectivity index is 1.72. The van der Waals surface area contributed by atoms with Crippen molar-refractivity contribution in [1.29, 1.82) is 0 Å². The third kappa shape index (κ3) is 3.58. The molecule has 0 fully saturated rings. The Morgan fingerprint density at radius 1 is 1.07 bits per heavy atom. The number of carbonyl (C=O) groups is 1. The topological polar surface area (TPSA) is 62.1 Å². The van der Waals surface area contributed by atoms with Crippen LogP contribution in [0.4, 0.5) is 24.5 Å². The number of benzene rings is 2. The fourth-order valence-electron chi connectivity index (χ4n) is 3.70. The van der Waals surface area contributed by atoms with Gasteiger partial charge in [-0.3, -0.25) is 4.79 Å². The summed E-state index contributed by atoms with van der Waals surface area (Å²) in [5.74, 6) is -0.220. The van der Waals surface area contributed by atoms with Crippen molar-refractivity contribution in [2.75, 3.05) is 10.6 Å². The molecule has 0 spiro atoms. The van der Waals surface area contributed by atoms with E-state index in [-0.39, 0.29) is 12.5 Å². The number of amides is 1. The number of fused-ring (bicyclic) bond motifs is 1. The van der Waals surface area contributed by atoms with Gasteiger partial charge in [-0.05, 0) is 67.4 Å². The van der Waals surface area contributed by atoms with Gasteiger partial charge in [0.25, 0.3) is 5.91 Å². The zero-order valence-corrected chi connectivity index (χ0v) is 16.5. The SMILES string of the molecule is Cc1cc(C)c(C=C2C(=O)N(Cc3ccc(C(F)(F)F)cc3)c3ccc(N)cc32)[nH]1. The number of nitrogen functional groups attached to an aromatic ring is 1. The number of halogens is 3. The van der Waals surface area contributed by atoms with Gasteiger partial charge in [0.15, 0.2) is 0 Å². The molecule has 3 aromatic rings. The van der Waals surface area contributed by atoms with Crippen molar-refractivity contribution in [2.24, 2.45) is 0 Å². The third-order valence-corrected chi connectivity index (χ3v) is 5.18. The summed E-state index contributed by atoms with van der Waals surface area (Å²) in [6.07, 6.45) is -2.59. The second kappa shape index (κ2) is 7.09. The van der Waals surface area contributed by atoms with Crippen LogP contribution in [-0.4, -0.2) is 10.9 Å². The van der Waals surface area contributed by atoms with Crippen molar-refractivity contribution in [2.45, 2.75) is 26.6 Å². The molecule has 154 valence electrons. The molecule has 7 heteroatoms. The number of hydrogen-bond acceptors (Lipinski definition) is 2. The zero-order valence-electron chi connectivity index (χ0n) is 16.5. The lowest BCUT2D eigenvalue weighted by Gasteiger charge is -2.18. The number of hydrogen-bond donors (Lipinski definition) is 2. The molecule has 2 heterocycles. The van der Waals surface area contributed by atoms with Crippen LogP contribution in [0.5, 0.6) is 0 Å². The fourth-order valence-corrected chi connectivity index (χ4v) is 3.70. The fraction of sp³-hybridized carbons (Fsp3) is 0.174. The van der Waals surface area contributed by atoms with E-state index in [0.29, 0.717) is 28.1 Å². The summed E-state index contributed by atoms with van der Waals surface area (Å²) in [7, 11) is 0. The number of aromatic amines is 1. The molecular weight excluding hydrogens is 391 g/mol. The highest BCUT2D eigenvalue weighted by Crippen LogP contribution is 2.40. The minimum Gasteiger partial charge on any atom is -0.399 e. The number of nitrogens with one attached hydrogen (secondary N) is 1. The second-order valence-electron chi connectivity index (χ2n) is 7.47. The first-order chi connectivity index (χ1) is 14.1. The van der Waals surface area contributed by atoms with Gasteiger partial charge in [0.05, 0.1) is 23.4 Å². The van der Waals surface area contributed by atoms with E-state index < -0.39 is 11.7 Å². The predicted molar refractivity (Wildman–Crippen MR) is 112 cm³/mol. The van der Waals surface area contributed by atoms with E-state index in [2.05, 4.69) is 4.98 Å². The minimum atomic E-state index is -4.39. The number of nitrogens with zero attached hydrogens (tertiary/aromatic N) is 1. The van der Waals surface area contributed by atoms with Crippen molar-refractivity contribution in [3.63, 3.8) is 0 Å². The molecule has 1 aromatic heterocycles. The normalized spacial score (nSPS) is 15.2. The molecule has 0 radical (unpaired) electrons. The lowest BCUT2D eigenvalue weighted by atomic mass is 10.0. The number of alkyl halides is 3. The van der Waals surface area contributed by atoms with Gasteiger partial charge in [0.2, 0.25) is 0 Å². The Labute approximate surface area is 171 Å². The largest absolute Gasteiger partial charge is 0.416 e. The van der Waals surface area contributed by atoms with Crippen LogP contribution in [0.2, 0.25) is 0 Å². The van der Waals surface area contributed by atoms with Crippen molar-refractivity contribution in [1.82, 2.24) is 4.98 Å². The van der Waals surface area contributed by atoms with Crippen LogP contribution in [0.1, 0.15) is 33.6 Å². The van der Waals surface area contributed by atoms with Gasteiger partial charge < -0.3 is 15.6 Å². The van der Waals surface area contributed by atoms with Crippen LogP contribution in [0, 0.1) is 13.8 Å². The third-order valence-electron chi connectivity index (χ3n) is 5.18. The number of aryl methyl sites for hydroxylation is 2. The molecule has 0 saturated carbocycles. The van der Waals surface area contributed by atoms with E-state index in [9.17, 15) is 18.0 Å². The molecule has 0 saturated heterocycles. The van der Waals surface area contributed by atoms with Gasteiger partial charge in [0.1, 0.15) is 0 Å². The summed E-state index contributed by atoms with van der Waals surface area (Å²) in [5.41, 5.74) is 11.1. The lowest BCUT2D eigenvalue weighted by molar-refractivity contribution is -0.137. The predicted octanol–water partition coefficient (Wildman–Crippen LogP) is 5.32. The first-order valence-electron chi connectivity index (χ1n) is 9.39. The van der Waals surface area contributed by atoms with Crippen molar-refractivity contribution in [3.8, 4) is 0 Å². The number of anilines is 2. The number of carbonyl (C=O) groups excluding carboxylic acids is 1. The standard InChI is InChI=1S/C23H20F3N3O/c1-13-9-14(2)28-20(13)11-19-18-10-17(27)7-8-21(18)29(22(19)30)12-15-3-5-16(6-4-15)23(24,25)26/h3-11,28H,12,27H2,1-2H3. The summed E-state index contributed by atoms with van der Waals surface area (Å²) in [5, 5.41) is 0. The molecule has 30 heavy (non-hydrogen) atoms. The van der Waals surface area contributed by atoms with Crippen LogP contribution >= 0.6 is 0 Å². The van der Waals surface area contributed by atoms with Crippen LogP contribution < -0.4 is 10.6 Å². The molecule has 1 aliphatic rings. The van der Waals surface area contributed by atoms with Crippen LogP contribution in [0.3, 0.4) is 0 Å². The highest BCUT2D eigenvalue weighted by Gasteiger charge is 2.33. The molecule has 0 atom stereocenters. The van der Waals surface area contributed by atoms with E-state index in [1.165, 1.54) is 12.1 Å². The molecule has 4 nitrogen and oxygen atoms in total. The molecule has 4 rings (SSSR count). The Bertz CT molecular complexity index is 1160. The minimum absolute atomic E-state index is 0.161. The van der Waals surface area contributed by atoms with Crippen molar-refractivity contribution >= 4 is 28.9 Å². The summed E-state index contributed by atoms with van der Waals surface area (Å²) in [4.78, 5) is 18.1. The van der Waals surface area contributed by atoms with E-state index in [1.807, 2.05) is 19.9 Å². The number of rotatable bonds is 3. The van der Waals surface area contributed by atoms with E-state index in [4.69, 9.17) is 5.73 Å². The summed E-state index contributed by atoms with van der Waals surface area (Å²) >= 11 is 0. The summed E-state index contributed by atoms with van der Waals surface area (Å²) < 4.78 is 38.5. The van der Waals surface area contributed by atoms with E-state index in [0.717, 1.165) is 29.1 Å². The molecule has 0 unspecified atom stereocenters. The number of aromatic nitrogens is 1. The average Bonchev–Trinajstić information content (AvgIpc) is 3.12. The molecule has 1 aliphatic heterocycles. The average molecular weight is 411 g/mol. The highest BCUT2D eigenvalue weighted by molar-refractivity contribution is 6.35. The quantitative estimate of drug-likeness (QED) is 0.453. The van der Waals surface area contributed by atoms with Crippen LogP contribution in [-0.2, 0) is 17.5 Å². The van der Waals surface area contributed by atoms with E-state index >= 15 is 0 Å². The highest BCUT2D eigenvalue weighted by atomic mass is 19.4. The lowest BCUT2D eigenvalue weighted by Crippen LogP contribution is -2.25. The van der Waals surface area contributed by atoms with Crippen LogP contribution in [0.25, 0.3) is 11.6 Å². The maximum absolute atomic E-state index is 13.2. The van der Waals surface area contributed by atoms with Crippen molar-refractivity contribution < 1.29 is 18.0 Å². The molecule has 2 aromatic carbocycles. The maximum atomic E-state index is 13.2. The first-order valence-corrected chi connectivity index (χ1v) is 9.39. The summed E-state index contributed by atoms with van der Waals surface area (Å²) in [6.45, 7) is 4.05. The molecule has 1 amide bonds. The Morgan fingerprint density at radius 2 is 1.77 bits per heavy atom. The Hall–Kier alpha value is -3.48. The molecule has 0 bridgehead atoms. The number of nitrogens with two attached hydrogens (primary N) is 1. The van der Waals surface area contributed by atoms with Gasteiger partial charge >= 0.3 is 6.18 Å². The monoisotopic (exact) mass is 411 g/mol. The second-order valence-corrected chi connectivity index (χ2v) is 7.47. The van der Waals surface area contributed by atoms with Gasteiger partial charge in [-0.2, -0.15) is 13.2 Å². The molecular formula is C23H20F3N3O. The van der Waals surface area contributed by atoms with Gasteiger partial charge in [0, 0.05) is 22.6 Å². The van der Waals surface area contributed by atoms with Gasteiger partial charge in [-0.25, -0.2) is 0 Å². The maximum Gasteiger partial charge on any atom is 0.416 e. The van der Waals surface area contributed by atoms with Gasteiger partial charge in [-0.15, -0.1) is 0 Å². The smallest absolute Gasteiger partial charge is 0.399 e. The Morgan fingerprint density at radius 3 is 2.37 bits per heavy atom. The first kappa shape index (κ1) is 19.8. The molecule has 0 aliphatic carbocycles. The number of H-pyrrole nitrogens is 1.